The zero-order valence-corrected chi connectivity index (χ0v) is 18.5. The molecule has 3 heterocycles. The number of fused-ring (bicyclic) bond motifs is 3. The molecule has 0 bridgehead atoms. The number of rotatable bonds is 8. The number of alkyl halides is 3. The third-order valence-electron chi connectivity index (χ3n) is 5.48. The van der Waals surface area contributed by atoms with E-state index in [0.717, 1.165) is 18.5 Å². The molecule has 1 N–H and O–H groups in total. The van der Waals surface area contributed by atoms with Crippen LogP contribution in [0.4, 0.5) is 13.2 Å². The summed E-state index contributed by atoms with van der Waals surface area (Å²) in [5.41, 5.74) is 2.94. The number of pyridine rings is 1. The second-order valence-electron chi connectivity index (χ2n) is 7.96. The van der Waals surface area contributed by atoms with Gasteiger partial charge in [-0.1, -0.05) is 48.5 Å². The van der Waals surface area contributed by atoms with Crippen molar-refractivity contribution in [2.24, 2.45) is 0 Å². The van der Waals surface area contributed by atoms with E-state index in [4.69, 9.17) is 4.74 Å². The van der Waals surface area contributed by atoms with Gasteiger partial charge in [0.1, 0.15) is 6.61 Å². The maximum absolute atomic E-state index is 13.4. The summed E-state index contributed by atoms with van der Waals surface area (Å²) in [6, 6.07) is 20.9. The van der Waals surface area contributed by atoms with E-state index in [1.807, 2.05) is 30.3 Å². The van der Waals surface area contributed by atoms with Crippen molar-refractivity contribution in [3.63, 3.8) is 0 Å². The average Bonchev–Trinajstić information content (AvgIpc) is 3.31. The molecule has 2 aromatic carbocycles. The van der Waals surface area contributed by atoms with Gasteiger partial charge in [-0.2, -0.15) is 17.7 Å². The number of nitrogens with one attached hydrogen (secondary N) is 1. The van der Waals surface area contributed by atoms with Crippen LogP contribution in [0.5, 0.6) is 5.88 Å². The Labute approximate surface area is 198 Å². The molecule has 0 spiro atoms. The predicted octanol–water partition coefficient (Wildman–Crippen LogP) is 4.60. The first-order chi connectivity index (χ1) is 17.0. The highest BCUT2D eigenvalue weighted by molar-refractivity contribution is 5.96. The van der Waals surface area contributed by atoms with Crippen LogP contribution in [0.3, 0.4) is 0 Å². The fourth-order valence-electron chi connectivity index (χ4n) is 3.80. The van der Waals surface area contributed by atoms with E-state index in [9.17, 15) is 13.2 Å². The molecule has 0 atom stereocenters. The van der Waals surface area contributed by atoms with Crippen LogP contribution in [0.25, 0.3) is 16.4 Å². The van der Waals surface area contributed by atoms with Crippen molar-refractivity contribution >= 4 is 16.4 Å². The highest BCUT2D eigenvalue weighted by Crippen LogP contribution is 2.32. The Morgan fingerprint density at radius 3 is 2.46 bits per heavy atom. The van der Waals surface area contributed by atoms with E-state index in [-0.39, 0.29) is 18.1 Å². The Kier molecular flexibility index (Phi) is 6.28. The molecule has 0 amide bonds. The number of hydrogen-bond acceptors (Lipinski definition) is 6. The molecule has 0 radical (unpaired) electrons. The fourth-order valence-corrected chi connectivity index (χ4v) is 3.80. The van der Waals surface area contributed by atoms with Crippen LogP contribution < -0.4 is 10.1 Å². The summed E-state index contributed by atoms with van der Waals surface area (Å²) >= 11 is 0. The van der Waals surface area contributed by atoms with Crippen molar-refractivity contribution in [1.29, 1.82) is 0 Å². The fraction of sp³-hybridized carbons (Fsp3) is 0.200. The van der Waals surface area contributed by atoms with Crippen molar-refractivity contribution < 1.29 is 17.9 Å². The molecule has 3 aromatic heterocycles. The van der Waals surface area contributed by atoms with Gasteiger partial charge in [0.15, 0.2) is 5.65 Å². The van der Waals surface area contributed by atoms with E-state index in [0.29, 0.717) is 27.5 Å². The van der Waals surface area contributed by atoms with Crippen molar-refractivity contribution in [3.8, 4) is 5.88 Å². The first-order valence-corrected chi connectivity index (χ1v) is 11.0. The molecule has 10 heteroatoms. The van der Waals surface area contributed by atoms with Crippen molar-refractivity contribution in [3.05, 3.63) is 95.6 Å². The van der Waals surface area contributed by atoms with E-state index >= 15 is 0 Å². The van der Waals surface area contributed by atoms with Gasteiger partial charge in [0.2, 0.25) is 5.88 Å². The highest BCUT2D eigenvalue weighted by Gasteiger charge is 2.38. The minimum absolute atomic E-state index is 0.0157. The van der Waals surface area contributed by atoms with E-state index in [1.54, 1.807) is 30.5 Å². The molecular weight excluding hydrogens is 457 g/mol. The second kappa shape index (κ2) is 9.67. The van der Waals surface area contributed by atoms with E-state index in [1.165, 1.54) is 5.56 Å². The number of ether oxygens (including phenoxy) is 1. The van der Waals surface area contributed by atoms with Gasteiger partial charge in [-0.25, -0.2) is 0 Å². The third-order valence-corrected chi connectivity index (χ3v) is 5.48. The Morgan fingerprint density at radius 1 is 0.886 bits per heavy atom. The molecule has 0 aliphatic carbocycles. The number of aromatic nitrogens is 5. The van der Waals surface area contributed by atoms with Crippen LogP contribution in [-0.4, -0.2) is 31.3 Å². The topological polar surface area (TPSA) is 77.2 Å². The van der Waals surface area contributed by atoms with Gasteiger partial charge in [-0.05, 0) is 42.3 Å². The number of halogens is 3. The molecule has 178 valence electrons. The normalized spacial score (nSPS) is 11.9. The molecule has 0 saturated carbocycles. The summed E-state index contributed by atoms with van der Waals surface area (Å²) in [5.74, 6) is -1.16. The second-order valence-corrected chi connectivity index (χ2v) is 7.96. The molecule has 0 fully saturated rings. The predicted molar refractivity (Wildman–Crippen MR) is 124 cm³/mol. The maximum atomic E-state index is 13.4. The summed E-state index contributed by atoms with van der Waals surface area (Å²) in [6.07, 6.45) is -2.09. The Balaban J connectivity index is 1.31. The van der Waals surface area contributed by atoms with Crippen LogP contribution in [0, 0.1) is 0 Å². The number of hydrogen-bond donors (Lipinski definition) is 1. The van der Waals surface area contributed by atoms with Crippen molar-refractivity contribution in [1.82, 2.24) is 30.1 Å². The van der Waals surface area contributed by atoms with Gasteiger partial charge in [0, 0.05) is 23.5 Å². The van der Waals surface area contributed by atoms with Gasteiger partial charge < -0.3 is 10.1 Å². The van der Waals surface area contributed by atoms with Gasteiger partial charge in [0.25, 0.3) is 5.82 Å². The summed E-state index contributed by atoms with van der Waals surface area (Å²) in [4.78, 5) is 4.33. The minimum atomic E-state index is -4.70. The SMILES string of the molecule is FC(F)(F)c1nnc2c3ccccc3c(OCc3cc(CNCCc4ccccc4)ccn3)nn12. The average molecular weight is 478 g/mol. The minimum Gasteiger partial charge on any atom is -0.470 e. The lowest BCUT2D eigenvalue weighted by Crippen LogP contribution is -2.17. The Bertz CT molecular complexity index is 1450. The number of nitrogens with zero attached hydrogens (tertiary/aromatic N) is 5. The summed E-state index contributed by atoms with van der Waals surface area (Å²) in [6.45, 7) is 1.53. The zero-order valence-electron chi connectivity index (χ0n) is 18.5. The lowest BCUT2D eigenvalue weighted by molar-refractivity contribution is -0.146. The molecule has 0 saturated heterocycles. The van der Waals surface area contributed by atoms with Gasteiger partial charge >= 0.3 is 6.18 Å². The van der Waals surface area contributed by atoms with Gasteiger partial charge in [-0.3, -0.25) is 4.98 Å². The summed E-state index contributed by atoms with van der Waals surface area (Å²) < 4.78 is 46.7. The van der Waals surface area contributed by atoms with Crippen molar-refractivity contribution in [2.75, 3.05) is 6.54 Å². The lowest BCUT2D eigenvalue weighted by atomic mass is 10.1. The Morgan fingerprint density at radius 2 is 1.66 bits per heavy atom. The zero-order chi connectivity index (χ0) is 24.3. The third kappa shape index (κ3) is 5.07. The first-order valence-electron chi connectivity index (χ1n) is 11.0. The van der Waals surface area contributed by atoms with Crippen LogP contribution in [0.1, 0.15) is 22.6 Å². The quantitative estimate of drug-likeness (QED) is 0.329. The summed E-state index contributed by atoms with van der Waals surface area (Å²) in [7, 11) is 0. The molecule has 0 unspecified atom stereocenters. The van der Waals surface area contributed by atoms with Gasteiger partial charge in [0.05, 0.1) is 5.69 Å². The largest absolute Gasteiger partial charge is 0.470 e. The molecule has 7 nitrogen and oxygen atoms in total. The van der Waals surface area contributed by atoms with E-state index < -0.39 is 12.0 Å². The smallest absolute Gasteiger partial charge is 0.453 e. The molecular formula is C25H21F3N6O. The van der Waals surface area contributed by atoms with Gasteiger partial charge in [-0.15, -0.1) is 15.3 Å². The molecule has 5 aromatic rings. The molecule has 0 aliphatic rings. The molecule has 0 aliphatic heterocycles. The van der Waals surface area contributed by atoms with Crippen molar-refractivity contribution in [2.45, 2.75) is 25.7 Å². The molecule has 5 rings (SSSR count). The van der Waals surface area contributed by atoms with E-state index in [2.05, 4.69) is 37.7 Å². The van der Waals surface area contributed by atoms with Crippen LogP contribution >= 0.6 is 0 Å². The maximum Gasteiger partial charge on any atom is 0.453 e. The highest BCUT2D eigenvalue weighted by atomic mass is 19.4. The number of benzene rings is 2. The standard InChI is InChI=1S/C25H21F3N6O/c26-25(27,28)24-32-31-22-20-8-4-5-9-21(20)23(33-34(22)24)35-16-19-14-18(11-13-30-19)15-29-12-10-17-6-2-1-3-7-17/h1-9,11,13-14,29H,10,12,15-16H2. The van der Waals surface area contributed by atoms with Crippen LogP contribution in [0.15, 0.2) is 72.9 Å². The first kappa shape index (κ1) is 22.7. The Hall–Kier alpha value is -4.05. The monoisotopic (exact) mass is 478 g/mol. The molecule has 35 heavy (non-hydrogen) atoms. The summed E-state index contributed by atoms with van der Waals surface area (Å²) in [5, 5.41) is 15.5. The lowest BCUT2D eigenvalue weighted by Gasteiger charge is -2.11. The van der Waals surface area contributed by atoms with Crippen LogP contribution in [0.2, 0.25) is 0 Å². The van der Waals surface area contributed by atoms with Crippen LogP contribution in [-0.2, 0) is 25.7 Å².